The van der Waals surface area contributed by atoms with Crippen LogP contribution in [0.2, 0.25) is 0 Å². The summed E-state index contributed by atoms with van der Waals surface area (Å²) in [6.45, 7) is 5.24. The summed E-state index contributed by atoms with van der Waals surface area (Å²) in [5.41, 5.74) is 0.938. The van der Waals surface area contributed by atoms with Crippen LogP contribution in [-0.2, 0) is 14.3 Å². The number of carbonyl (C=O) groups is 2. The number of esters is 1. The quantitative estimate of drug-likeness (QED) is 0.661. The maximum absolute atomic E-state index is 12.7. The summed E-state index contributed by atoms with van der Waals surface area (Å²) in [6.07, 6.45) is 0.395. The number of thiophene rings is 1. The molecule has 0 saturated carbocycles. The Labute approximate surface area is 173 Å². The molecular formula is C21H25NO6S. The molecule has 0 aliphatic carbocycles. The zero-order chi connectivity index (χ0) is 20.8. The summed E-state index contributed by atoms with van der Waals surface area (Å²) >= 11 is 1.34. The molecule has 1 atom stereocenters. The van der Waals surface area contributed by atoms with Crippen molar-refractivity contribution in [2.45, 2.75) is 32.4 Å². The van der Waals surface area contributed by atoms with Crippen molar-refractivity contribution in [2.24, 2.45) is 0 Å². The predicted octanol–water partition coefficient (Wildman–Crippen LogP) is 3.27. The zero-order valence-electron chi connectivity index (χ0n) is 16.7. The van der Waals surface area contributed by atoms with Crippen LogP contribution in [0.25, 0.3) is 10.4 Å². The molecule has 0 saturated heterocycles. The molecule has 1 aliphatic heterocycles. The van der Waals surface area contributed by atoms with Crippen molar-refractivity contribution in [2.75, 3.05) is 26.9 Å². The maximum atomic E-state index is 12.7. The standard InChI is InChI=1S/C21H25NO6S/c1-13(2)26-9-8-15(21(24)25-3)22-20(23)19-7-6-18(29-19)14-4-5-16-17(12-14)28-11-10-27-16/h4-7,12-13,15H,8-11H2,1-3H3,(H,22,23)/t15-/m1/s1. The van der Waals surface area contributed by atoms with Crippen molar-refractivity contribution >= 4 is 23.2 Å². The minimum absolute atomic E-state index is 0.0508. The van der Waals surface area contributed by atoms with Crippen molar-refractivity contribution in [1.29, 1.82) is 0 Å². The first-order valence-electron chi connectivity index (χ1n) is 9.48. The highest BCUT2D eigenvalue weighted by Gasteiger charge is 2.23. The van der Waals surface area contributed by atoms with Gasteiger partial charge < -0.3 is 24.3 Å². The molecule has 1 aromatic heterocycles. The molecule has 2 heterocycles. The Morgan fingerprint density at radius 2 is 1.90 bits per heavy atom. The predicted molar refractivity (Wildman–Crippen MR) is 110 cm³/mol. The molecule has 0 radical (unpaired) electrons. The molecule has 29 heavy (non-hydrogen) atoms. The minimum atomic E-state index is -0.758. The second kappa shape index (κ2) is 9.76. The maximum Gasteiger partial charge on any atom is 0.328 e. The van der Waals surface area contributed by atoms with Crippen LogP contribution in [0.1, 0.15) is 29.9 Å². The van der Waals surface area contributed by atoms with Gasteiger partial charge in [-0.25, -0.2) is 4.79 Å². The fourth-order valence-corrected chi connectivity index (χ4v) is 3.76. The number of methoxy groups -OCH3 is 1. The molecule has 156 valence electrons. The monoisotopic (exact) mass is 419 g/mol. The van der Waals surface area contributed by atoms with Crippen molar-refractivity contribution in [1.82, 2.24) is 5.32 Å². The lowest BCUT2D eigenvalue weighted by molar-refractivity contribution is -0.143. The van der Waals surface area contributed by atoms with Gasteiger partial charge in [-0.05, 0) is 49.7 Å². The summed E-state index contributed by atoms with van der Waals surface area (Å²) in [5.74, 6) is 0.608. The number of rotatable bonds is 8. The van der Waals surface area contributed by atoms with Gasteiger partial charge in [-0.3, -0.25) is 4.79 Å². The van der Waals surface area contributed by atoms with Gasteiger partial charge in [0.1, 0.15) is 19.3 Å². The molecule has 0 bridgehead atoms. The van der Waals surface area contributed by atoms with Gasteiger partial charge in [0.15, 0.2) is 11.5 Å². The normalized spacial score (nSPS) is 13.8. The van der Waals surface area contributed by atoms with Crippen LogP contribution < -0.4 is 14.8 Å². The highest BCUT2D eigenvalue weighted by molar-refractivity contribution is 7.17. The Hall–Kier alpha value is -2.58. The van der Waals surface area contributed by atoms with Crippen molar-refractivity contribution < 1.29 is 28.5 Å². The highest BCUT2D eigenvalue weighted by Crippen LogP contribution is 2.36. The van der Waals surface area contributed by atoms with Gasteiger partial charge in [0, 0.05) is 17.9 Å². The van der Waals surface area contributed by atoms with E-state index < -0.39 is 12.0 Å². The number of carbonyl (C=O) groups excluding carboxylic acids is 2. The van der Waals surface area contributed by atoms with Gasteiger partial charge in [-0.15, -0.1) is 11.3 Å². The lowest BCUT2D eigenvalue weighted by atomic mass is 10.1. The molecular weight excluding hydrogens is 394 g/mol. The molecule has 1 amide bonds. The highest BCUT2D eigenvalue weighted by atomic mass is 32.1. The molecule has 0 unspecified atom stereocenters. The second-order valence-electron chi connectivity index (χ2n) is 6.78. The van der Waals surface area contributed by atoms with E-state index >= 15 is 0 Å². The minimum Gasteiger partial charge on any atom is -0.486 e. The van der Waals surface area contributed by atoms with Crippen LogP contribution in [0, 0.1) is 0 Å². The third kappa shape index (κ3) is 5.48. The summed E-state index contributed by atoms with van der Waals surface area (Å²) < 4.78 is 21.4. The smallest absolute Gasteiger partial charge is 0.328 e. The number of amides is 1. The van der Waals surface area contributed by atoms with Crippen molar-refractivity contribution in [3.8, 4) is 21.9 Å². The van der Waals surface area contributed by atoms with E-state index in [1.807, 2.05) is 38.1 Å². The zero-order valence-corrected chi connectivity index (χ0v) is 17.5. The van der Waals surface area contributed by atoms with E-state index in [1.165, 1.54) is 18.4 Å². The van der Waals surface area contributed by atoms with E-state index in [-0.39, 0.29) is 12.0 Å². The number of hydrogen-bond acceptors (Lipinski definition) is 7. The molecule has 8 heteroatoms. The molecule has 7 nitrogen and oxygen atoms in total. The summed E-state index contributed by atoms with van der Waals surface area (Å²) in [6, 6.07) is 8.56. The third-order valence-electron chi connectivity index (χ3n) is 4.31. The molecule has 0 spiro atoms. The lowest BCUT2D eigenvalue weighted by Gasteiger charge is -2.18. The molecule has 1 aliphatic rings. The molecule has 1 aromatic carbocycles. The summed E-state index contributed by atoms with van der Waals surface area (Å²) in [5, 5.41) is 2.74. The van der Waals surface area contributed by atoms with Crippen molar-refractivity contribution in [3.63, 3.8) is 0 Å². The van der Waals surface area contributed by atoms with Crippen LogP contribution in [0.15, 0.2) is 30.3 Å². The Bertz CT molecular complexity index is 863. The van der Waals surface area contributed by atoms with E-state index in [4.69, 9.17) is 18.9 Å². The third-order valence-corrected chi connectivity index (χ3v) is 5.44. The van der Waals surface area contributed by atoms with E-state index in [1.54, 1.807) is 6.07 Å². The number of ether oxygens (including phenoxy) is 4. The van der Waals surface area contributed by atoms with Gasteiger partial charge in [-0.2, -0.15) is 0 Å². The summed E-state index contributed by atoms with van der Waals surface area (Å²) in [7, 11) is 1.30. The molecule has 3 rings (SSSR count). The molecule has 2 aromatic rings. The first-order chi connectivity index (χ1) is 14.0. The SMILES string of the molecule is COC(=O)[C@@H](CCOC(C)C)NC(=O)c1ccc(-c2ccc3c(c2)OCCO3)s1. The number of nitrogens with one attached hydrogen (secondary N) is 1. The number of benzene rings is 1. The second-order valence-corrected chi connectivity index (χ2v) is 7.86. The van der Waals surface area contributed by atoms with Gasteiger partial charge in [-0.1, -0.05) is 0 Å². The largest absolute Gasteiger partial charge is 0.486 e. The van der Waals surface area contributed by atoms with Crippen molar-refractivity contribution in [3.05, 3.63) is 35.2 Å². The first-order valence-corrected chi connectivity index (χ1v) is 10.3. The number of hydrogen-bond donors (Lipinski definition) is 1. The fourth-order valence-electron chi connectivity index (χ4n) is 2.85. The van der Waals surface area contributed by atoms with Crippen LogP contribution >= 0.6 is 11.3 Å². The fraction of sp³-hybridized carbons (Fsp3) is 0.429. The van der Waals surface area contributed by atoms with Crippen LogP contribution in [0.3, 0.4) is 0 Å². The Morgan fingerprint density at radius 1 is 1.14 bits per heavy atom. The van der Waals surface area contributed by atoms with E-state index in [0.29, 0.717) is 36.9 Å². The van der Waals surface area contributed by atoms with E-state index in [2.05, 4.69) is 5.32 Å². The van der Waals surface area contributed by atoms with E-state index in [0.717, 1.165) is 16.2 Å². The topological polar surface area (TPSA) is 83.1 Å². The Morgan fingerprint density at radius 3 is 2.62 bits per heavy atom. The van der Waals surface area contributed by atoms with Gasteiger partial charge >= 0.3 is 5.97 Å². The van der Waals surface area contributed by atoms with Gasteiger partial charge in [0.2, 0.25) is 0 Å². The van der Waals surface area contributed by atoms with E-state index in [9.17, 15) is 9.59 Å². The molecule has 1 N–H and O–H groups in total. The average molecular weight is 419 g/mol. The van der Waals surface area contributed by atoms with Gasteiger partial charge in [0.05, 0.1) is 18.1 Å². The Balaban J connectivity index is 1.68. The number of fused-ring (bicyclic) bond motifs is 1. The average Bonchev–Trinajstić information content (AvgIpc) is 3.22. The van der Waals surface area contributed by atoms with Crippen LogP contribution in [-0.4, -0.2) is 51.0 Å². The lowest BCUT2D eigenvalue weighted by Crippen LogP contribution is -2.42. The van der Waals surface area contributed by atoms with Gasteiger partial charge in [0.25, 0.3) is 5.91 Å². The summed E-state index contributed by atoms with van der Waals surface area (Å²) in [4.78, 5) is 26.1. The Kier molecular flexibility index (Phi) is 7.11. The molecule has 0 fully saturated rings. The first kappa shape index (κ1) is 21.1. The van der Waals surface area contributed by atoms with Crippen LogP contribution in [0.5, 0.6) is 11.5 Å². The van der Waals surface area contributed by atoms with Crippen LogP contribution in [0.4, 0.5) is 0 Å².